The fraction of sp³-hybridized carbons (Fsp3) is 0.370. The van der Waals surface area contributed by atoms with Crippen molar-refractivity contribution in [2.75, 3.05) is 5.73 Å². The molecule has 1 aromatic heterocycles. The smallest absolute Gasteiger partial charge is 0.243 e. The van der Waals surface area contributed by atoms with Gasteiger partial charge in [0.15, 0.2) is 0 Å². The van der Waals surface area contributed by atoms with Crippen molar-refractivity contribution in [3.8, 4) is 0 Å². The lowest BCUT2D eigenvalue weighted by molar-refractivity contribution is -0.130. The molecule has 2 amide bonds. The van der Waals surface area contributed by atoms with Crippen LogP contribution in [0.5, 0.6) is 0 Å². The van der Waals surface area contributed by atoms with Gasteiger partial charge in [-0.05, 0) is 73.6 Å². The highest BCUT2D eigenvalue weighted by Crippen LogP contribution is 2.47. The second kappa shape index (κ2) is 9.90. The van der Waals surface area contributed by atoms with Crippen molar-refractivity contribution in [2.45, 2.75) is 50.6 Å². The van der Waals surface area contributed by atoms with E-state index in [2.05, 4.69) is 15.7 Å². The predicted molar refractivity (Wildman–Crippen MR) is 133 cm³/mol. The molecule has 0 aliphatic heterocycles. The van der Waals surface area contributed by atoms with Crippen molar-refractivity contribution >= 4 is 17.5 Å². The zero-order chi connectivity index (χ0) is 25.2. The Bertz CT molecular complexity index is 1190. The van der Waals surface area contributed by atoms with Gasteiger partial charge < -0.3 is 16.4 Å². The van der Waals surface area contributed by atoms with E-state index in [0.29, 0.717) is 18.5 Å². The van der Waals surface area contributed by atoms with E-state index in [1.165, 1.54) is 12.1 Å². The minimum Gasteiger partial charge on any atom is -0.399 e. The first kappa shape index (κ1) is 24.4. The summed E-state index contributed by atoms with van der Waals surface area (Å²) in [5.41, 5.74) is 8.71. The number of anilines is 1. The number of benzene rings is 2. The molecule has 0 saturated heterocycles. The molecule has 8 heteroatoms. The summed E-state index contributed by atoms with van der Waals surface area (Å²) < 4.78 is 14.9. The highest BCUT2D eigenvalue weighted by atomic mass is 19.1. The lowest BCUT2D eigenvalue weighted by Gasteiger charge is -2.29. The molecule has 3 atom stereocenters. The Morgan fingerprint density at radius 2 is 1.83 bits per heavy atom. The number of nitrogens with one attached hydrogen (secondary N) is 2. The van der Waals surface area contributed by atoms with E-state index in [4.69, 9.17) is 5.73 Å². The standard InChI is InChI=1S/C27H32FN5O2/c1-27(2,14-17-4-8-20(28)9-5-17)32-26(35)24(12-18-15-30-33(3)16-18)31-25(34)23-13-22(23)19-6-10-21(29)11-7-19/h4-11,15-16,22-24H,12-14,29H2,1-3H3,(H,31,34)(H,32,35)/t22-,23+,24-/m1/s1. The molecule has 2 aromatic carbocycles. The third kappa shape index (κ3) is 6.47. The normalized spacial score (nSPS) is 18.1. The van der Waals surface area contributed by atoms with E-state index in [1.54, 1.807) is 23.0 Å². The number of aryl methyl sites for hydroxylation is 1. The second-order valence-electron chi connectivity index (χ2n) is 10.1. The maximum atomic E-state index is 13.4. The van der Waals surface area contributed by atoms with Gasteiger partial charge in [-0.3, -0.25) is 14.3 Å². The first-order valence-corrected chi connectivity index (χ1v) is 11.8. The van der Waals surface area contributed by atoms with Crippen LogP contribution in [0.25, 0.3) is 0 Å². The molecule has 0 spiro atoms. The van der Waals surface area contributed by atoms with Crippen molar-refractivity contribution in [3.05, 3.63) is 83.4 Å². The predicted octanol–water partition coefficient (Wildman–Crippen LogP) is 3.11. The average Bonchev–Trinajstić information content (AvgIpc) is 3.50. The van der Waals surface area contributed by atoms with E-state index < -0.39 is 11.6 Å². The maximum Gasteiger partial charge on any atom is 0.243 e. The summed E-state index contributed by atoms with van der Waals surface area (Å²) in [7, 11) is 1.81. The van der Waals surface area contributed by atoms with Crippen molar-refractivity contribution in [1.29, 1.82) is 0 Å². The van der Waals surface area contributed by atoms with Crippen LogP contribution in [0.3, 0.4) is 0 Å². The average molecular weight is 478 g/mol. The quantitative estimate of drug-likeness (QED) is 0.412. The molecular formula is C27H32FN5O2. The summed E-state index contributed by atoms with van der Waals surface area (Å²) in [5, 5.41) is 10.2. The molecule has 0 bridgehead atoms. The molecule has 0 radical (unpaired) electrons. The summed E-state index contributed by atoms with van der Waals surface area (Å²) in [5.74, 6) is -0.735. The van der Waals surface area contributed by atoms with Crippen LogP contribution < -0.4 is 16.4 Å². The van der Waals surface area contributed by atoms with Gasteiger partial charge in [0.1, 0.15) is 11.9 Å². The molecule has 4 N–H and O–H groups in total. The summed E-state index contributed by atoms with van der Waals surface area (Å²) in [6.07, 6.45) is 5.13. The number of hydrogen-bond donors (Lipinski definition) is 3. The van der Waals surface area contributed by atoms with Crippen LogP contribution in [-0.4, -0.2) is 33.2 Å². The number of carbonyl (C=O) groups is 2. The number of hydrogen-bond acceptors (Lipinski definition) is 4. The number of amides is 2. The molecule has 1 aliphatic carbocycles. The summed E-state index contributed by atoms with van der Waals surface area (Å²) in [6, 6.07) is 13.1. The van der Waals surface area contributed by atoms with Gasteiger partial charge in [0.05, 0.1) is 6.20 Å². The zero-order valence-corrected chi connectivity index (χ0v) is 20.3. The van der Waals surface area contributed by atoms with Crippen molar-refractivity contribution < 1.29 is 14.0 Å². The van der Waals surface area contributed by atoms with Gasteiger partial charge in [-0.25, -0.2) is 4.39 Å². The Kier molecular flexibility index (Phi) is 6.91. The first-order chi connectivity index (χ1) is 16.6. The van der Waals surface area contributed by atoms with E-state index in [0.717, 1.165) is 23.1 Å². The Labute approximate surface area is 204 Å². The highest BCUT2D eigenvalue weighted by molar-refractivity contribution is 5.90. The van der Waals surface area contributed by atoms with Gasteiger partial charge in [0, 0.05) is 36.8 Å². The van der Waals surface area contributed by atoms with Crippen LogP contribution in [-0.2, 0) is 29.5 Å². The summed E-state index contributed by atoms with van der Waals surface area (Å²) >= 11 is 0. The van der Waals surface area contributed by atoms with E-state index in [1.807, 2.05) is 51.4 Å². The van der Waals surface area contributed by atoms with Crippen LogP contribution in [0, 0.1) is 11.7 Å². The molecule has 1 saturated carbocycles. The molecule has 35 heavy (non-hydrogen) atoms. The maximum absolute atomic E-state index is 13.4. The number of nitrogens with zero attached hydrogens (tertiary/aromatic N) is 2. The monoisotopic (exact) mass is 477 g/mol. The van der Waals surface area contributed by atoms with E-state index >= 15 is 0 Å². The lowest BCUT2D eigenvalue weighted by atomic mass is 9.94. The van der Waals surface area contributed by atoms with Crippen LogP contribution >= 0.6 is 0 Å². The Hall–Kier alpha value is -3.68. The number of carbonyl (C=O) groups excluding carboxylic acids is 2. The van der Waals surface area contributed by atoms with Crippen molar-refractivity contribution in [2.24, 2.45) is 13.0 Å². The molecule has 3 aromatic rings. The minimum atomic E-state index is -0.744. The van der Waals surface area contributed by atoms with Crippen LogP contribution in [0.4, 0.5) is 10.1 Å². The van der Waals surface area contributed by atoms with E-state index in [-0.39, 0.29) is 29.5 Å². The Balaban J connectivity index is 1.43. The van der Waals surface area contributed by atoms with Crippen molar-refractivity contribution in [1.82, 2.24) is 20.4 Å². The van der Waals surface area contributed by atoms with Gasteiger partial charge in [-0.2, -0.15) is 5.10 Å². The lowest BCUT2D eigenvalue weighted by Crippen LogP contribution is -2.55. The SMILES string of the molecule is Cn1cc(C[C@@H](NC(=O)[C@H]2C[C@@H]2c2ccc(N)cc2)C(=O)NC(C)(C)Cc2ccc(F)cc2)cn1. The summed E-state index contributed by atoms with van der Waals surface area (Å²) in [4.78, 5) is 26.4. The van der Waals surface area contributed by atoms with Crippen LogP contribution in [0.15, 0.2) is 60.9 Å². The van der Waals surface area contributed by atoms with Gasteiger partial charge in [0.25, 0.3) is 0 Å². The highest BCUT2D eigenvalue weighted by Gasteiger charge is 2.45. The molecule has 1 fully saturated rings. The molecule has 0 unspecified atom stereocenters. The molecule has 1 heterocycles. The topological polar surface area (TPSA) is 102 Å². The number of halogens is 1. The molecule has 4 rings (SSSR count). The van der Waals surface area contributed by atoms with Gasteiger partial charge in [-0.1, -0.05) is 24.3 Å². The minimum absolute atomic E-state index is 0.132. The fourth-order valence-electron chi connectivity index (χ4n) is 4.47. The largest absolute Gasteiger partial charge is 0.399 e. The summed E-state index contributed by atoms with van der Waals surface area (Å²) in [6.45, 7) is 3.82. The van der Waals surface area contributed by atoms with E-state index in [9.17, 15) is 14.0 Å². The zero-order valence-electron chi connectivity index (χ0n) is 20.3. The molecule has 7 nitrogen and oxygen atoms in total. The number of aromatic nitrogens is 2. The third-order valence-electron chi connectivity index (χ3n) is 6.34. The number of nitrogen functional groups attached to an aromatic ring is 1. The molecule has 184 valence electrons. The molecular weight excluding hydrogens is 445 g/mol. The van der Waals surface area contributed by atoms with Gasteiger partial charge >= 0.3 is 0 Å². The number of rotatable bonds is 9. The van der Waals surface area contributed by atoms with Crippen LogP contribution in [0.2, 0.25) is 0 Å². The van der Waals surface area contributed by atoms with Crippen molar-refractivity contribution in [3.63, 3.8) is 0 Å². The fourth-order valence-corrected chi connectivity index (χ4v) is 4.47. The van der Waals surface area contributed by atoms with Gasteiger partial charge in [-0.15, -0.1) is 0 Å². The Morgan fingerprint density at radius 3 is 2.46 bits per heavy atom. The second-order valence-corrected chi connectivity index (χ2v) is 10.1. The Morgan fingerprint density at radius 1 is 1.14 bits per heavy atom. The van der Waals surface area contributed by atoms with Gasteiger partial charge in [0.2, 0.25) is 11.8 Å². The third-order valence-corrected chi connectivity index (χ3v) is 6.34. The first-order valence-electron chi connectivity index (χ1n) is 11.8. The molecule has 1 aliphatic rings. The number of nitrogens with two attached hydrogens (primary N) is 1. The van der Waals surface area contributed by atoms with Crippen LogP contribution in [0.1, 0.15) is 42.9 Å².